The van der Waals surface area contributed by atoms with Crippen molar-refractivity contribution < 1.29 is 9.53 Å². The monoisotopic (exact) mass is 234 g/mol. The van der Waals surface area contributed by atoms with Crippen LogP contribution in [0.25, 0.3) is 0 Å². The highest BCUT2D eigenvalue weighted by molar-refractivity contribution is 5.82. The Labute approximate surface area is 101 Å². The molecule has 92 valence electrons. The first-order chi connectivity index (χ1) is 8.31. The molecule has 2 rings (SSSR count). The quantitative estimate of drug-likeness (QED) is 0.819. The van der Waals surface area contributed by atoms with Crippen molar-refractivity contribution in [3.63, 3.8) is 0 Å². The molecule has 1 saturated heterocycles. The van der Waals surface area contributed by atoms with Gasteiger partial charge in [0.15, 0.2) is 0 Å². The van der Waals surface area contributed by atoms with Crippen LogP contribution in [0.3, 0.4) is 0 Å². The van der Waals surface area contributed by atoms with Gasteiger partial charge in [0.05, 0.1) is 13.2 Å². The van der Waals surface area contributed by atoms with Crippen LogP contribution in [0.2, 0.25) is 0 Å². The minimum Gasteiger partial charge on any atom is -0.496 e. The fraction of sp³-hybridized carbons (Fsp3) is 0.462. The average Bonchev–Trinajstić information content (AvgIpc) is 2.90. The van der Waals surface area contributed by atoms with Gasteiger partial charge in [-0.15, -0.1) is 0 Å². The van der Waals surface area contributed by atoms with E-state index in [1.54, 1.807) is 7.11 Å². The number of hydrogen-bond donors (Lipinski definition) is 2. The molecule has 1 aromatic carbocycles. The van der Waals surface area contributed by atoms with Crippen LogP contribution in [0.15, 0.2) is 24.3 Å². The van der Waals surface area contributed by atoms with Crippen molar-refractivity contribution >= 4 is 5.91 Å². The van der Waals surface area contributed by atoms with E-state index in [9.17, 15) is 4.79 Å². The normalized spacial score (nSPS) is 19.0. The van der Waals surface area contributed by atoms with Gasteiger partial charge in [-0.2, -0.15) is 0 Å². The number of amides is 1. The van der Waals surface area contributed by atoms with Gasteiger partial charge in [0.25, 0.3) is 0 Å². The lowest BCUT2D eigenvalue weighted by atomic mass is 10.2. The summed E-state index contributed by atoms with van der Waals surface area (Å²) in [6, 6.07) is 7.70. The highest BCUT2D eigenvalue weighted by Gasteiger charge is 2.21. The Morgan fingerprint density at radius 2 is 2.35 bits per heavy atom. The third kappa shape index (κ3) is 2.97. The predicted molar refractivity (Wildman–Crippen MR) is 65.9 cm³/mol. The molecule has 1 fully saturated rings. The van der Waals surface area contributed by atoms with Crippen LogP contribution in [0, 0.1) is 0 Å². The Morgan fingerprint density at radius 1 is 1.53 bits per heavy atom. The zero-order valence-corrected chi connectivity index (χ0v) is 10.0. The topological polar surface area (TPSA) is 50.4 Å². The number of para-hydroxylation sites is 1. The Hall–Kier alpha value is -1.55. The summed E-state index contributed by atoms with van der Waals surface area (Å²) >= 11 is 0. The van der Waals surface area contributed by atoms with Gasteiger partial charge in [-0.25, -0.2) is 0 Å². The molecular formula is C13H18N2O2. The van der Waals surface area contributed by atoms with Crippen LogP contribution >= 0.6 is 0 Å². The SMILES string of the molecule is COc1ccccc1CNC(=O)[C@H]1CCCN1. The van der Waals surface area contributed by atoms with Crippen molar-refractivity contribution in [1.29, 1.82) is 0 Å². The minimum atomic E-state index is -0.0234. The van der Waals surface area contributed by atoms with E-state index in [2.05, 4.69) is 10.6 Å². The summed E-state index contributed by atoms with van der Waals surface area (Å²) < 4.78 is 5.24. The van der Waals surface area contributed by atoms with Crippen LogP contribution in [0.4, 0.5) is 0 Å². The first-order valence-electron chi connectivity index (χ1n) is 5.94. The summed E-state index contributed by atoms with van der Waals surface area (Å²) in [5.41, 5.74) is 1.00. The summed E-state index contributed by atoms with van der Waals surface area (Å²) in [4.78, 5) is 11.8. The Balaban J connectivity index is 1.90. The number of ether oxygens (including phenoxy) is 1. The molecule has 4 nitrogen and oxygen atoms in total. The highest BCUT2D eigenvalue weighted by atomic mass is 16.5. The first kappa shape index (κ1) is 11.9. The summed E-state index contributed by atoms with van der Waals surface area (Å²) in [6.45, 7) is 1.45. The fourth-order valence-corrected chi connectivity index (χ4v) is 2.06. The Morgan fingerprint density at radius 3 is 3.06 bits per heavy atom. The molecule has 0 radical (unpaired) electrons. The van der Waals surface area contributed by atoms with Gasteiger partial charge in [0.2, 0.25) is 5.91 Å². The Bertz CT molecular complexity index is 387. The summed E-state index contributed by atoms with van der Waals surface area (Å²) in [6.07, 6.45) is 2.00. The molecule has 0 aliphatic carbocycles. The summed E-state index contributed by atoms with van der Waals surface area (Å²) in [7, 11) is 1.64. The molecule has 4 heteroatoms. The number of benzene rings is 1. The molecule has 0 aromatic heterocycles. The van der Waals surface area contributed by atoms with Crippen molar-refractivity contribution in [3.05, 3.63) is 29.8 Å². The number of hydrogen-bond acceptors (Lipinski definition) is 3. The maximum Gasteiger partial charge on any atom is 0.237 e. The standard InChI is InChI=1S/C13H18N2O2/c1-17-12-7-3-2-5-10(12)9-15-13(16)11-6-4-8-14-11/h2-3,5,7,11,14H,4,6,8-9H2,1H3,(H,15,16)/t11-/m1/s1. The minimum absolute atomic E-state index is 0.0234. The molecule has 0 bridgehead atoms. The molecule has 17 heavy (non-hydrogen) atoms. The molecule has 1 atom stereocenters. The molecule has 0 unspecified atom stereocenters. The van der Waals surface area contributed by atoms with Gasteiger partial charge in [-0.05, 0) is 25.5 Å². The molecule has 2 N–H and O–H groups in total. The van der Waals surface area contributed by atoms with Gasteiger partial charge in [0.1, 0.15) is 5.75 Å². The second kappa shape index (κ2) is 5.68. The lowest BCUT2D eigenvalue weighted by Crippen LogP contribution is -2.40. The van der Waals surface area contributed by atoms with Gasteiger partial charge >= 0.3 is 0 Å². The largest absolute Gasteiger partial charge is 0.496 e. The molecule has 0 spiro atoms. The van der Waals surface area contributed by atoms with Gasteiger partial charge in [-0.3, -0.25) is 4.79 Å². The van der Waals surface area contributed by atoms with E-state index in [0.29, 0.717) is 6.54 Å². The van der Waals surface area contributed by atoms with Crippen molar-refractivity contribution in [1.82, 2.24) is 10.6 Å². The van der Waals surface area contributed by atoms with Crippen LogP contribution < -0.4 is 15.4 Å². The number of nitrogens with one attached hydrogen (secondary N) is 2. The van der Waals surface area contributed by atoms with E-state index >= 15 is 0 Å². The average molecular weight is 234 g/mol. The molecule has 1 aromatic rings. The van der Waals surface area contributed by atoms with Crippen LogP contribution in [0.5, 0.6) is 5.75 Å². The maximum absolute atomic E-state index is 11.8. The lowest BCUT2D eigenvalue weighted by molar-refractivity contribution is -0.122. The lowest BCUT2D eigenvalue weighted by Gasteiger charge is -2.12. The molecule has 1 aliphatic rings. The van der Waals surface area contributed by atoms with Crippen molar-refractivity contribution in [2.75, 3.05) is 13.7 Å². The van der Waals surface area contributed by atoms with Crippen LogP contribution in [0.1, 0.15) is 18.4 Å². The number of methoxy groups -OCH3 is 1. The molecule has 1 aliphatic heterocycles. The van der Waals surface area contributed by atoms with Crippen LogP contribution in [-0.2, 0) is 11.3 Å². The number of rotatable bonds is 4. The summed E-state index contributed by atoms with van der Waals surface area (Å²) in [5, 5.41) is 6.11. The first-order valence-corrected chi connectivity index (χ1v) is 5.94. The van der Waals surface area contributed by atoms with Crippen molar-refractivity contribution in [3.8, 4) is 5.75 Å². The van der Waals surface area contributed by atoms with E-state index in [1.165, 1.54) is 0 Å². The van der Waals surface area contributed by atoms with Gasteiger partial charge in [-0.1, -0.05) is 18.2 Å². The smallest absolute Gasteiger partial charge is 0.237 e. The second-order valence-electron chi connectivity index (χ2n) is 4.18. The molecule has 1 heterocycles. The number of carbonyl (C=O) groups excluding carboxylic acids is 1. The van der Waals surface area contributed by atoms with E-state index in [1.807, 2.05) is 24.3 Å². The Kier molecular flexibility index (Phi) is 3.98. The predicted octanol–water partition coefficient (Wildman–Crippen LogP) is 1.06. The van der Waals surface area contributed by atoms with Crippen LogP contribution in [-0.4, -0.2) is 25.6 Å². The zero-order valence-electron chi connectivity index (χ0n) is 10.0. The maximum atomic E-state index is 11.8. The van der Waals surface area contributed by atoms with Gasteiger partial charge < -0.3 is 15.4 Å². The third-order valence-corrected chi connectivity index (χ3v) is 3.02. The third-order valence-electron chi connectivity index (χ3n) is 3.02. The number of carbonyl (C=O) groups is 1. The van der Waals surface area contributed by atoms with Gasteiger partial charge in [0, 0.05) is 12.1 Å². The summed E-state index contributed by atoms with van der Waals surface area (Å²) in [5.74, 6) is 0.889. The van der Waals surface area contributed by atoms with E-state index in [4.69, 9.17) is 4.74 Å². The molecule has 1 amide bonds. The second-order valence-corrected chi connectivity index (χ2v) is 4.18. The highest BCUT2D eigenvalue weighted by Crippen LogP contribution is 2.16. The van der Waals surface area contributed by atoms with E-state index in [-0.39, 0.29) is 11.9 Å². The van der Waals surface area contributed by atoms with E-state index in [0.717, 1.165) is 30.7 Å². The van der Waals surface area contributed by atoms with Crippen molar-refractivity contribution in [2.24, 2.45) is 0 Å². The molecule has 0 saturated carbocycles. The molecular weight excluding hydrogens is 216 g/mol. The zero-order chi connectivity index (χ0) is 12.1. The fourth-order valence-electron chi connectivity index (χ4n) is 2.06. The van der Waals surface area contributed by atoms with Crippen molar-refractivity contribution in [2.45, 2.75) is 25.4 Å². The van der Waals surface area contributed by atoms with E-state index < -0.39 is 0 Å².